The van der Waals surface area contributed by atoms with Gasteiger partial charge < -0.3 is 9.72 Å². The number of carbonyl (C=O) groups is 1. The van der Waals surface area contributed by atoms with E-state index < -0.39 is 5.97 Å². The summed E-state index contributed by atoms with van der Waals surface area (Å²) in [6, 6.07) is 0. The summed E-state index contributed by atoms with van der Waals surface area (Å²) in [6.07, 6.45) is 2.87. The first kappa shape index (κ1) is 11.2. The molecule has 5 heteroatoms. The largest absolute Gasteiger partial charge is 0.466 e. The molecule has 0 saturated carbocycles. The van der Waals surface area contributed by atoms with E-state index in [0.29, 0.717) is 16.1 Å². The lowest BCUT2D eigenvalue weighted by atomic mass is 10.2. The van der Waals surface area contributed by atoms with Gasteiger partial charge in [0.1, 0.15) is 0 Å². The molecular formula is C10H12N2O3. The molecule has 0 aromatic carbocycles. The number of esters is 1. The molecule has 5 nitrogen and oxygen atoms in total. The fourth-order valence-corrected chi connectivity index (χ4v) is 1.23. The number of ether oxygens (including phenoxy) is 1. The van der Waals surface area contributed by atoms with Crippen molar-refractivity contribution in [3.8, 4) is 0 Å². The van der Waals surface area contributed by atoms with Gasteiger partial charge in [0, 0.05) is 0 Å². The molecule has 0 aliphatic heterocycles. The van der Waals surface area contributed by atoms with Gasteiger partial charge in [0.15, 0.2) is 0 Å². The van der Waals surface area contributed by atoms with Crippen LogP contribution in [0.4, 0.5) is 0 Å². The van der Waals surface area contributed by atoms with Crippen molar-refractivity contribution < 1.29 is 9.53 Å². The molecule has 80 valence electrons. The quantitative estimate of drug-likeness (QED) is 0.595. The standard InChI is InChI=1S/C10H12N2O3/c1-4-7-8(6(2)10(14)15-3)11-5-12-9(7)13/h4-5H,1-3H3,(H,11,12,13). The fraction of sp³-hybridized carbons (Fsp3) is 0.300. The summed E-state index contributed by atoms with van der Waals surface area (Å²) >= 11 is 0. The summed E-state index contributed by atoms with van der Waals surface area (Å²) in [6.45, 7) is 3.28. The molecule has 0 saturated heterocycles. The third-order valence-corrected chi connectivity index (χ3v) is 2.02. The van der Waals surface area contributed by atoms with Crippen molar-refractivity contribution in [1.29, 1.82) is 0 Å². The SMILES string of the molecule is CC=c1c(=C(C)C(=O)OC)nc[nH]c1=O. The topological polar surface area (TPSA) is 72.0 Å². The van der Waals surface area contributed by atoms with Crippen molar-refractivity contribution in [3.63, 3.8) is 0 Å². The highest BCUT2D eigenvalue weighted by Gasteiger charge is 2.06. The maximum absolute atomic E-state index is 11.4. The molecule has 15 heavy (non-hydrogen) atoms. The number of hydrogen-bond acceptors (Lipinski definition) is 4. The number of H-pyrrole nitrogens is 1. The predicted molar refractivity (Wildman–Crippen MR) is 55.3 cm³/mol. The van der Waals surface area contributed by atoms with Crippen LogP contribution in [0.3, 0.4) is 0 Å². The van der Waals surface area contributed by atoms with Crippen LogP contribution in [0, 0.1) is 0 Å². The Morgan fingerprint density at radius 2 is 2.27 bits per heavy atom. The zero-order chi connectivity index (χ0) is 11.4. The second kappa shape index (κ2) is 4.54. The molecule has 0 amide bonds. The van der Waals surface area contributed by atoms with Gasteiger partial charge in [-0.05, 0) is 13.8 Å². The van der Waals surface area contributed by atoms with Gasteiger partial charge in [-0.1, -0.05) is 6.08 Å². The average Bonchev–Trinajstić information content (AvgIpc) is 2.26. The van der Waals surface area contributed by atoms with Crippen LogP contribution in [-0.4, -0.2) is 23.0 Å². The van der Waals surface area contributed by atoms with Crippen LogP contribution in [0.15, 0.2) is 11.1 Å². The van der Waals surface area contributed by atoms with Crippen molar-refractivity contribution >= 4 is 17.6 Å². The molecule has 0 radical (unpaired) electrons. The highest BCUT2D eigenvalue weighted by molar-refractivity contribution is 6.08. The van der Waals surface area contributed by atoms with Gasteiger partial charge in [-0.3, -0.25) is 4.79 Å². The lowest BCUT2D eigenvalue weighted by Crippen LogP contribution is -2.44. The minimum absolute atomic E-state index is 0.272. The van der Waals surface area contributed by atoms with Crippen LogP contribution in [0.25, 0.3) is 11.6 Å². The summed E-state index contributed by atoms with van der Waals surface area (Å²) < 4.78 is 4.56. The Labute approximate surface area is 86.1 Å². The Balaban J connectivity index is 3.72. The van der Waals surface area contributed by atoms with E-state index in [0.717, 1.165) is 0 Å². The molecule has 0 fully saturated rings. The first-order valence-electron chi connectivity index (χ1n) is 4.41. The van der Waals surface area contributed by atoms with Crippen LogP contribution in [0.5, 0.6) is 0 Å². The summed E-state index contributed by atoms with van der Waals surface area (Å²) in [5, 5.41) is 0.730. The Bertz CT molecular complexity index is 543. The van der Waals surface area contributed by atoms with Gasteiger partial charge in [0.05, 0.1) is 29.6 Å². The van der Waals surface area contributed by atoms with Crippen LogP contribution in [-0.2, 0) is 9.53 Å². The highest BCUT2D eigenvalue weighted by Crippen LogP contribution is 1.90. The Kier molecular flexibility index (Phi) is 3.38. The summed E-state index contributed by atoms with van der Waals surface area (Å²) in [4.78, 5) is 29.1. The van der Waals surface area contributed by atoms with Crippen molar-refractivity contribution in [3.05, 3.63) is 27.2 Å². The van der Waals surface area contributed by atoms with Crippen LogP contribution in [0.2, 0.25) is 0 Å². The predicted octanol–water partition coefficient (Wildman–Crippen LogP) is -1.09. The van der Waals surface area contributed by atoms with Crippen LogP contribution >= 0.6 is 0 Å². The van der Waals surface area contributed by atoms with E-state index in [-0.39, 0.29) is 5.56 Å². The van der Waals surface area contributed by atoms with E-state index in [1.165, 1.54) is 13.4 Å². The minimum Gasteiger partial charge on any atom is -0.466 e. The normalized spacial score (nSPS) is 13.7. The third kappa shape index (κ3) is 2.12. The van der Waals surface area contributed by atoms with Crippen molar-refractivity contribution in [2.24, 2.45) is 0 Å². The maximum Gasteiger partial charge on any atom is 0.335 e. The van der Waals surface area contributed by atoms with Gasteiger partial charge in [-0.2, -0.15) is 0 Å². The van der Waals surface area contributed by atoms with E-state index >= 15 is 0 Å². The van der Waals surface area contributed by atoms with E-state index in [4.69, 9.17) is 0 Å². The lowest BCUT2D eigenvalue weighted by Gasteiger charge is -1.97. The van der Waals surface area contributed by atoms with Gasteiger partial charge >= 0.3 is 5.97 Å². The van der Waals surface area contributed by atoms with Crippen molar-refractivity contribution in [1.82, 2.24) is 9.97 Å². The average molecular weight is 208 g/mol. The molecule has 1 aromatic heterocycles. The second-order valence-corrected chi connectivity index (χ2v) is 2.90. The van der Waals surface area contributed by atoms with E-state index in [1.807, 2.05) is 0 Å². The molecule has 0 aliphatic rings. The minimum atomic E-state index is -0.490. The molecule has 1 N–H and O–H groups in total. The van der Waals surface area contributed by atoms with E-state index in [9.17, 15) is 9.59 Å². The van der Waals surface area contributed by atoms with Crippen LogP contribution in [0.1, 0.15) is 13.8 Å². The molecule has 0 atom stereocenters. The summed E-state index contributed by atoms with van der Waals surface area (Å²) in [7, 11) is 1.29. The monoisotopic (exact) mass is 208 g/mol. The van der Waals surface area contributed by atoms with Gasteiger partial charge in [0.25, 0.3) is 5.56 Å². The van der Waals surface area contributed by atoms with E-state index in [2.05, 4.69) is 14.7 Å². The molecule has 0 unspecified atom stereocenters. The number of nitrogens with zero attached hydrogens (tertiary/aromatic N) is 1. The summed E-state index contributed by atoms with van der Waals surface area (Å²) in [5.74, 6) is -0.490. The van der Waals surface area contributed by atoms with Gasteiger partial charge in [0.2, 0.25) is 0 Å². The number of aromatic amines is 1. The smallest absolute Gasteiger partial charge is 0.335 e. The molecule has 0 aliphatic carbocycles. The Hall–Kier alpha value is -1.91. The molecule has 1 rings (SSSR count). The third-order valence-electron chi connectivity index (χ3n) is 2.02. The number of aromatic nitrogens is 2. The number of nitrogens with one attached hydrogen (secondary N) is 1. The van der Waals surface area contributed by atoms with E-state index in [1.54, 1.807) is 19.9 Å². The zero-order valence-electron chi connectivity index (χ0n) is 8.83. The maximum atomic E-state index is 11.4. The lowest BCUT2D eigenvalue weighted by molar-refractivity contribution is -0.133. The number of carbonyl (C=O) groups excluding carboxylic acids is 1. The number of hydrogen-bond donors (Lipinski definition) is 1. The first-order valence-corrected chi connectivity index (χ1v) is 4.41. The molecule has 0 bridgehead atoms. The highest BCUT2D eigenvalue weighted by atomic mass is 16.5. The Morgan fingerprint density at radius 3 is 2.80 bits per heavy atom. The fourth-order valence-electron chi connectivity index (χ4n) is 1.23. The van der Waals surface area contributed by atoms with Crippen molar-refractivity contribution in [2.45, 2.75) is 13.8 Å². The van der Waals surface area contributed by atoms with Crippen molar-refractivity contribution in [2.75, 3.05) is 7.11 Å². The molecule has 1 aromatic rings. The zero-order valence-corrected chi connectivity index (χ0v) is 8.83. The molecular weight excluding hydrogens is 196 g/mol. The molecule has 1 heterocycles. The number of rotatable bonds is 1. The second-order valence-electron chi connectivity index (χ2n) is 2.90. The van der Waals surface area contributed by atoms with Gasteiger partial charge in [-0.25, -0.2) is 9.78 Å². The van der Waals surface area contributed by atoms with Gasteiger partial charge in [-0.15, -0.1) is 0 Å². The Morgan fingerprint density at radius 1 is 1.60 bits per heavy atom. The number of methoxy groups -OCH3 is 1. The first-order chi connectivity index (χ1) is 7.11. The summed E-state index contributed by atoms with van der Waals surface area (Å²) in [5.41, 5.74) is 0.0439. The molecule has 0 spiro atoms. The van der Waals surface area contributed by atoms with Crippen LogP contribution < -0.4 is 16.1 Å².